The predicted octanol–water partition coefficient (Wildman–Crippen LogP) is 4.30. The van der Waals surface area contributed by atoms with Crippen LogP contribution >= 0.6 is 11.6 Å². The molecule has 0 N–H and O–H groups in total. The summed E-state index contributed by atoms with van der Waals surface area (Å²) in [5.74, 6) is 5.62. The number of hydrogen-bond acceptors (Lipinski definition) is 1. The van der Waals surface area contributed by atoms with Crippen molar-refractivity contribution in [2.24, 2.45) is 0 Å². The number of aryl methyl sites for hydroxylation is 1. The molecule has 0 saturated carbocycles. The molecule has 0 atom stereocenters. The minimum Gasteiger partial charge on any atom is -0.486 e. The lowest BCUT2D eigenvalue weighted by Gasteiger charge is -2.08. The molecule has 0 aromatic heterocycles. The molecule has 2 rings (SSSR count). The van der Waals surface area contributed by atoms with Crippen LogP contribution in [0, 0.1) is 24.6 Å². The van der Waals surface area contributed by atoms with Gasteiger partial charge in [0.2, 0.25) is 0 Å². The third-order valence-electron chi connectivity index (χ3n) is 2.71. The van der Waals surface area contributed by atoms with Crippen molar-refractivity contribution in [1.29, 1.82) is 0 Å². The second-order valence-corrected chi connectivity index (χ2v) is 4.63. The zero-order valence-electron chi connectivity index (χ0n) is 11.1. The van der Waals surface area contributed by atoms with Gasteiger partial charge < -0.3 is 4.74 Å². The molecule has 0 saturated heterocycles. The maximum Gasteiger partial charge on any atom is 0.165 e. The van der Waals surface area contributed by atoms with E-state index in [0.29, 0.717) is 12.2 Å². The first-order chi connectivity index (χ1) is 9.69. The Morgan fingerprint density at radius 1 is 1.20 bits per heavy atom. The van der Waals surface area contributed by atoms with E-state index in [0.717, 1.165) is 11.1 Å². The highest BCUT2D eigenvalue weighted by atomic mass is 35.5. The van der Waals surface area contributed by atoms with Crippen molar-refractivity contribution in [3.05, 3.63) is 65.0 Å². The summed E-state index contributed by atoms with van der Waals surface area (Å²) in [6.07, 6.45) is 0. The van der Waals surface area contributed by atoms with Gasteiger partial charge in [-0.05, 0) is 30.7 Å². The van der Waals surface area contributed by atoms with Gasteiger partial charge in [0.25, 0.3) is 0 Å². The minimum absolute atomic E-state index is 0.202. The van der Waals surface area contributed by atoms with Gasteiger partial charge in [-0.1, -0.05) is 41.7 Å². The number of hydrogen-bond donors (Lipinski definition) is 0. The van der Waals surface area contributed by atoms with Crippen molar-refractivity contribution in [1.82, 2.24) is 0 Å². The molecule has 102 valence electrons. The van der Waals surface area contributed by atoms with Crippen LogP contribution in [0.5, 0.6) is 5.75 Å². The molecule has 0 aliphatic heterocycles. The number of rotatable bonds is 3. The second kappa shape index (κ2) is 6.98. The third-order valence-corrected chi connectivity index (χ3v) is 2.84. The van der Waals surface area contributed by atoms with Crippen LogP contribution in [0.1, 0.15) is 16.7 Å². The molecule has 0 aliphatic rings. The number of alkyl halides is 1. The summed E-state index contributed by atoms with van der Waals surface area (Å²) in [5.41, 5.74) is 2.83. The average Bonchev–Trinajstić information content (AvgIpc) is 2.45. The molecule has 3 heteroatoms. The number of ether oxygens (including phenoxy) is 1. The van der Waals surface area contributed by atoms with E-state index in [1.807, 2.05) is 31.2 Å². The molecule has 0 bridgehead atoms. The molecule has 0 amide bonds. The van der Waals surface area contributed by atoms with Gasteiger partial charge in [-0.25, -0.2) is 4.39 Å². The van der Waals surface area contributed by atoms with Crippen LogP contribution in [0.4, 0.5) is 4.39 Å². The Bertz CT molecular complexity index is 656. The molecule has 1 nitrogen and oxygen atoms in total. The van der Waals surface area contributed by atoms with Crippen LogP contribution in [-0.2, 0) is 6.61 Å². The monoisotopic (exact) mass is 288 g/mol. The Balaban J connectivity index is 2.12. The van der Waals surface area contributed by atoms with Crippen LogP contribution in [0.15, 0.2) is 42.5 Å². The lowest BCUT2D eigenvalue weighted by atomic mass is 10.1. The Hall–Kier alpha value is -1.98. The predicted molar refractivity (Wildman–Crippen MR) is 79.5 cm³/mol. The van der Waals surface area contributed by atoms with E-state index in [9.17, 15) is 4.39 Å². The quantitative estimate of drug-likeness (QED) is 0.604. The second-order valence-electron chi connectivity index (χ2n) is 4.36. The molecular formula is C17H14ClFO. The molecule has 0 fully saturated rings. The summed E-state index contributed by atoms with van der Waals surface area (Å²) in [5, 5.41) is 0. The normalized spacial score (nSPS) is 9.75. The Morgan fingerprint density at radius 2 is 2.05 bits per heavy atom. The smallest absolute Gasteiger partial charge is 0.165 e. The Kier molecular flexibility index (Phi) is 5.03. The van der Waals surface area contributed by atoms with Crippen molar-refractivity contribution in [2.45, 2.75) is 13.5 Å². The van der Waals surface area contributed by atoms with Gasteiger partial charge in [-0.15, -0.1) is 11.6 Å². The van der Waals surface area contributed by atoms with Crippen LogP contribution in [0.3, 0.4) is 0 Å². The molecule has 0 aliphatic carbocycles. The van der Waals surface area contributed by atoms with Crippen molar-refractivity contribution in [3.63, 3.8) is 0 Å². The van der Waals surface area contributed by atoms with Crippen molar-refractivity contribution in [2.75, 3.05) is 5.88 Å². The van der Waals surface area contributed by atoms with E-state index in [-0.39, 0.29) is 11.6 Å². The zero-order chi connectivity index (χ0) is 14.4. The SMILES string of the molecule is Cc1cccc(COc2cc(C#CCCl)ccc2F)c1. The van der Waals surface area contributed by atoms with E-state index in [1.165, 1.54) is 6.07 Å². The molecule has 20 heavy (non-hydrogen) atoms. The maximum atomic E-state index is 13.7. The summed E-state index contributed by atoms with van der Waals surface area (Å²) in [6, 6.07) is 12.5. The minimum atomic E-state index is -0.394. The fourth-order valence-electron chi connectivity index (χ4n) is 1.79. The van der Waals surface area contributed by atoms with Gasteiger partial charge in [-0.3, -0.25) is 0 Å². The van der Waals surface area contributed by atoms with Crippen LogP contribution in [0.25, 0.3) is 0 Å². The van der Waals surface area contributed by atoms with Gasteiger partial charge >= 0.3 is 0 Å². The summed E-state index contributed by atoms with van der Waals surface area (Å²) in [6.45, 7) is 2.33. The van der Waals surface area contributed by atoms with Gasteiger partial charge in [-0.2, -0.15) is 0 Å². The highest BCUT2D eigenvalue weighted by Crippen LogP contribution is 2.20. The maximum absolute atomic E-state index is 13.7. The average molecular weight is 289 g/mol. The molecule has 0 heterocycles. The standard InChI is InChI=1S/C17H14ClFO/c1-13-4-2-5-15(10-13)12-20-17-11-14(6-3-9-18)7-8-16(17)19/h2,4-5,7-8,10-11H,9,12H2,1H3. The van der Waals surface area contributed by atoms with E-state index in [1.54, 1.807) is 12.1 Å². The molecule has 0 spiro atoms. The van der Waals surface area contributed by atoms with Crippen LogP contribution < -0.4 is 4.74 Å². The summed E-state index contributed by atoms with van der Waals surface area (Å²) in [4.78, 5) is 0. The summed E-state index contributed by atoms with van der Waals surface area (Å²) >= 11 is 5.50. The highest BCUT2D eigenvalue weighted by Gasteiger charge is 2.04. The van der Waals surface area contributed by atoms with Gasteiger partial charge in [0.05, 0.1) is 5.88 Å². The first-order valence-corrected chi connectivity index (χ1v) is 6.75. The van der Waals surface area contributed by atoms with Crippen molar-refractivity contribution >= 4 is 11.6 Å². The fourth-order valence-corrected chi connectivity index (χ4v) is 1.86. The van der Waals surface area contributed by atoms with E-state index in [2.05, 4.69) is 11.8 Å². The van der Waals surface area contributed by atoms with Crippen LogP contribution in [0.2, 0.25) is 0 Å². The summed E-state index contributed by atoms with van der Waals surface area (Å²) < 4.78 is 19.2. The van der Waals surface area contributed by atoms with Gasteiger partial charge in [0.1, 0.15) is 6.61 Å². The topological polar surface area (TPSA) is 9.23 Å². The first kappa shape index (κ1) is 14.4. The van der Waals surface area contributed by atoms with Crippen LogP contribution in [-0.4, -0.2) is 5.88 Å². The third kappa shape index (κ3) is 4.01. The van der Waals surface area contributed by atoms with E-state index >= 15 is 0 Å². The van der Waals surface area contributed by atoms with Crippen molar-refractivity contribution < 1.29 is 9.13 Å². The highest BCUT2D eigenvalue weighted by molar-refractivity contribution is 6.19. The lowest BCUT2D eigenvalue weighted by Crippen LogP contribution is -1.98. The Labute approximate surface area is 123 Å². The molecule has 0 radical (unpaired) electrons. The van der Waals surface area contributed by atoms with Gasteiger partial charge in [0, 0.05) is 5.56 Å². The zero-order valence-corrected chi connectivity index (χ0v) is 11.9. The van der Waals surface area contributed by atoms with Crippen molar-refractivity contribution in [3.8, 4) is 17.6 Å². The molecule has 2 aromatic carbocycles. The Morgan fingerprint density at radius 3 is 2.80 bits per heavy atom. The van der Waals surface area contributed by atoms with Gasteiger partial charge in [0.15, 0.2) is 11.6 Å². The largest absolute Gasteiger partial charge is 0.486 e. The molecule has 2 aromatic rings. The first-order valence-electron chi connectivity index (χ1n) is 6.22. The number of halogens is 2. The molecular weight excluding hydrogens is 275 g/mol. The number of benzene rings is 2. The summed E-state index contributed by atoms with van der Waals surface area (Å²) in [7, 11) is 0. The molecule has 0 unspecified atom stereocenters. The lowest BCUT2D eigenvalue weighted by molar-refractivity contribution is 0.290. The van der Waals surface area contributed by atoms with E-state index in [4.69, 9.17) is 16.3 Å². The fraction of sp³-hybridized carbons (Fsp3) is 0.176. The van der Waals surface area contributed by atoms with E-state index < -0.39 is 5.82 Å².